The first kappa shape index (κ1) is 23.8. The van der Waals surface area contributed by atoms with Crippen LogP contribution >= 0.6 is 0 Å². The Kier molecular flexibility index (Phi) is 6.94. The van der Waals surface area contributed by atoms with Gasteiger partial charge in [-0.15, -0.1) is 0 Å². The number of nitrogens with zero attached hydrogens (tertiary/aromatic N) is 2. The lowest BCUT2D eigenvalue weighted by molar-refractivity contribution is -0.149. The third kappa shape index (κ3) is 4.95. The second-order valence-corrected chi connectivity index (χ2v) is 10.1. The van der Waals surface area contributed by atoms with Gasteiger partial charge in [-0.1, -0.05) is 6.07 Å². The summed E-state index contributed by atoms with van der Waals surface area (Å²) < 4.78 is 35.9. The lowest BCUT2D eigenvalue weighted by Gasteiger charge is -2.33. The van der Waals surface area contributed by atoms with E-state index in [2.05, 4.69) is 9.71 Å². The highest BCUT2D eigenvalue weighted by Gasteiger charge is 2.34. The van der Waals surface area contributed by atoms with Gasteiger partial charge in [0.1, 0.15) is 11.9 Å². The quantitative estimate of drug-likeness (QED) is 0.413. The normalized spacial score (nSPS) is 16.0. The molecule has 11 heteroatoms. The van der Waals surface area contributed by atoms with E-state index in [1.807, 2.05) is 0 Å². The molecule has 2 aromatic heterocycles. The number of nitrogens with two attached hydrogens (primary N) is 1. The molecule has 0 radical (unpaired) electrons. The van der Waals surface area contributed by atoms with E-state index in [9.17, 15) is 18.0 Å². The highest BCUT2D eigenvalue weighted by molar-refractivity contribution is 7.89. The average molecular weight is 488 g/mol. The number of H-pyrrole nitrogens is 1. The molecular formula is C23H29N5O5S. The van der Waals surface area contributed by atoms with Gasteiger partial charge in [0, 0.05) is 42.9 Å². The molecule has 1 saturated heterocycles. The van der Waals surface area contributed by atoms with Gasteiger partial charge in [-0.3, -0.25) is 9.59 Å². The van der Waals surface area contributed by atoms with Crippen LogP contribution < -0.4 is 10.5 Å². The summed E-state index contributed by atoms with van der Waals surface area (Å²) in [6, 6.07) is 9.20. The van der Waals surface area contributed by atoms with E-state index in [4.69, 9.17) is 10.5 Å². The topological polar surface area (TPSA) is 140 Å². The van der Waals surface area contributed by atoms with Gasteiger partial charge in [0.05, 0.1) is 17.9 Å². The number of nitrogens with one attached hydrogen (secondary N) is 2. The van der Waals surface area contributed by atoms with E-state index in [0.29, 0.717) is 49.2 Å². The minimum atomic E-state index is -4.00. The molecule has 4 N–H and O–H groups in total. The Morgan fingerprint density at radius 3 is 2.65 bits per heavy atom. The molecule has 0 aliphatic carbocycles. The summed E-state index contributed by atoms with van der Waals surface area (Å²) in [5, 5.41) is 0.551. The van der Waals surface area contributed by atoms with Crippen molar-refractivity contribution in [2.45, 2.75) is 36.7 Å². The molecule has 1 atom stereocenters. The van der Waals surface area contributed by atoms with E-state index < -0.39 is 16.1 Å². The zero-order valence-corrected chi connectivity index (χ0v) is 19.8. The van der Waals surface area contributed by atoms with Crippen LogP contribution in [-0.4, -0.2) is 61.0 Å². The fraction of sp³-hybridized carbons (Fsp3) is 0.391. The van der Waals surface area contributed by atoms with Crippen LogP contribution in [0.3, 0.4) is 0 Å². The van der Waals surface area contributed by atoms with Crippen LogP contribution in [0.15, 0.2) is 53.7 Å². The molecule has 34 heavy (non-hydrogen) atoms. The smallest absolute Gasteiger partial charge is 0.308 e. The predicted molar refractivity (Wildman–Crippen MR) is 127 cm³/mol. The van der Waals surface area contributed by atoms with Crippen molar-refractivity contribution >= 4 is 38.6 Å². The maximum Gasteiger partial charge on any atom is 0.308 e. The molecular weight excluding hydrogens is 458 g/mol. The highest BCUT2D eigenvalue weighted by atomic mass is 32.2. The van der Waals surface area contributed by atoms with Gasteiger partial charge < -0.3 is 24.9 Å². The monoisotopic (exact) mass is 487 g/mol. The van der Waals surface area contributed by atoms with Crippen LogP contribution in [0, 0.1) is 5.92 Å². The van der Waals surface area contributed by atoms with Gasteiger partial charge in [0.2, 0.25) is 15.9 Å². The Hall–Kier alpha value is -3.31. The number of ether oxygens (including phenoxy) is 1. The van der Waals surface area contributed by atoms with Crippen LogP contribution in [0.4, 0.5) is 5.82 Å². The summed E-state index contributed by atoms with van der Waals surface area (Å²) in [6.45, 7) is 1.08. The molecule has 10 nitrogen and oxygen atoms in total. The number of likely N-dealkylation sites (tertiary alicyclic amines) is 1. The van der Waals surface area contributed by atoms with Crippen molar-refractivity contribution in [3.63, 3.8) is 0 Å². The second-order valence-electron chi connectivity index (χ2n) is 8.41. The number of aromatic amines is 1. The Bertz CT molecular complexity index is 1270. The van der Waals surface area contributed by atoms with Crippen LogP contribution in [0.1, 0.15) is 19.3 Å². The number of benzene rings is 1. The third-order valence-corrected chi connectivity index (χ3v) is 7.83. The number of anilines is 1. The van der Waals surface area contributed by atoms with Gasteiger partial charge in [-0.2, -0.15) is 4.72 Å². The Balaban J connectivity index is 1.55. The SMILES string of the molecule is COC(=O)C1CCN(C(=O)C(CCn2cccc2N)NS(=O)(=O)c2cccc3[nH]ccc23)CC1. The van der Waals surface area contributed by atoms with E-state index >= 15 is 0 Å². The minimum Gasteiger partial charge on any atom is -0.469 e. The summed E-state index contributed by atoms with van der Waals surface area (Å²) in [6.07, 6.45) is 4.63. The molecule has 0 spiro atoms. The Morgan fingerprint density at radius 2 is 1.97 bits per heavy atom. The first-order valence-corrected chi connectivity index (χ1v) is 12.6. The summed E-state index contributed by atoms with van der Waals surface area (Å²) in [4.78, 5) is 30.0. The summed E-state index contributed by atoms with van der Waals surface area (Å²) in [5.41, 5.74) is 6.64. The Labute approximate surface area is 198 Å². The standard InChI is InChI=1S/C23H29N5O5S/c1-33-23(30)16-8-13-28(14-9-16)22(29)19(10-15-27-12-3-6-21(27)24)26-34(31,32)20-5-2-4-18-17(20)7-11-25-18/h2-7,11-12,16,19,25-26H,8-10,13-15,24H2,1H3. The number of hydrogen-bond donors (Lipinski definition) is 3. The molecule has 3 heterocycles. The lowest BCUT2D eigenvalue weighted by atomic mass is 9.96. The van der Waals surface area contributed by atoms with Gasteiger partial charge >= 0.3 is 5.97 Å². The number of rotatable bonds is 8. The largest absolute Gasteiger partial charge is 0.469 e. The fourth-order valence-electron chi connectivity index (χ4n) is 4.40. The number of sulfonamides is 1. The third-order valence-electron chi connectivity index (χ3n) is 6.30. The molecule has 4 rings (SSSR count). The van der Waals surface area contributed by atoms with Crippen molar-refractivity contribution in [2.75, 3.05) is 25.9 Å². The Morgan fingerprint density at radius 1 is 1.21 bits per heavy atom. The first-order valence-electron chi connectivity index (χ1n) is 11.2. The number of piperidine rings is 1. The molecule has 182 valence electrons. The average Bonchev–Trinajstić information content (AvgIpc) is 3.49. The number of carbonyl (C=O) groups is 2. The fourth-order valence-corrected chi connectivity index (χ4v) is 5.84. The summed E-state index contributed by atoms with van der Waals surface area (Å²) >= 11 is 0. The maximum atomic E-state index is 13.4. The van der Waals surface area contributed by atoms with Crippen LogP contribution in [-0.2, 0) is 30.9 Å². The first-order chi connectivity index (χ1) is 16.3. The zero-order chi connectivity index (χ0) is 24.3. The minimum absolute atomic E-state index is 0.105. The summed E-state index contributed by atoms with van der Waals surface area (Å²) in [7, 11) is -2.65. The van der Waals surface area contributed by atoms with Gasteiger partial charge in [0.15, 0.2) is 0 Å². The predicted octanol–water partition coefficient (Wildman–Crippen LogP) is 1.70. The molecule has 1 aromatic carbocycles. The number of aryl methyl sites for hydroxylation is 1. The number of esters is 1. The van der Waals surface area contributed by atoms with E-state index in [1.165, 1.54) is 13.2 Å². The van der Waals surface area contributed by atoms with Crippen molar-refractivity contribution in [1.82, 2.24) is 19.2 Å². The number of hydrogen-bond acceptors (Lipinski definition) is 6. The van der Waals surface area contributed by atoms with Gasteiger partial charge in [-0.25, -0.2) is 8.42 Å². The van der Waals surface area contributed by atoms with Crippen molar-refractivity contribution in [3.8, 4) is 0 Å². The molecule has 1 amide bonds. The highest BCUT2D eigenvalue weighted by Crippen LogP contribution is 2.24. The molecule has 0 saturated carbocycles. The van der Waals surface area contributed by atoms with Crippen molar-refractivity contribution in [2.24, 2.45) is 5.92 Å². The van der Waals surface area contributed by atoms with Crippen LogP contribution in [0.25, 0.3) is 10.9 Å². The molecule has 1 aliphatic rings. The zero-order valence-electron chi connectivity index (χ0n) is 18.9. The van der Waals surface area contributed by atoms with Crippen molar-refractivity contribution < 1.29 is 22.7 Å². The number of aromatic nitrogens is 2. The van der Waals surface area contributed by atoms with Crippen molar-refractivity contribution in [1.29, 1.82) is 0 Å². The molecule has 1 unspecified atom stereocenters. The molecule has 3 aromatic rings. The van der Waals surface area contributed by atoms with E-state index in [0.717, 1.165) is 0 Å². The van der Waals surface area contributed by atoms with E-state index in [1.54, 1.807) is 52.2 Å². The number of carbonyl (C=O) groups excluding carboxylic acids is 2. The van der Waals surface area contributed by atoms with Crippen LogP contribution in [0.2, 0.25) is 0 Å². The van der Waals surface area contributed by atoms with Gasteiger partial charge in [0.25, 0.3) is 0 Å². The summed E-state index contributed by atoms with van der Waals surface area (Å²) in [5.74, 6) is -0.328. The van der Waals surface area contributed by atoms with Crippen molar-refractivity contribution in [3.05, 3.63) is 48.8 Å². The number of methoxy groups -OCH3 is 1. The molecule has 0 bridgehead atoms. The van der Waals surface area contributed by atoms with Gasteiger partial charge in [-0.05, 0) is 49.6 Å². The second kappa shape index (κ2) is 9.90. The lowest BCUT2D eigenvalue weighted by Crippen LogP contribution is -2.51. The maximum absolute atomic E-state index is 13.4. The number of fused-ring (bicyclic) bond motifs is 1. The van der Waals surface area contributed by atoms with Crippen LogP contribution in [0.5, 0.6) is 0 Å². The van der Waals surface area contributed by atoms with E-state index in [-0.39, 0.29) is 29.1 Å². The number of nitrogen functional groups attached to an aromatic ring is 1. The number of amides is 1. The molecule has 1 fully saturated rings. The molecule has 1 aliphatic heterocycles.